The number of hydrogen-bond donors (Lipinski definition) is 1. The van der Waals surface area contributed by atoms with E-state index in [1.165, 1.54) is 18.2 Å². The van der Waals surface area contributed by atoms with Gasteiger partial charge in [0.25, 0.3) is 0 Å². The summed E-state index contributed by atoms with van der Waals surface area (Å²) in [6.45, 7) is -1.08. The van der Waals surface area contributed by atoms with E-state index in [9.17, 15) is 44.3 Å². The molecule has 1 saturated carbocycles. The van der Waals surface area contributed by atoms with Crippen molar-refractivity contribution in [3.63, 3.8) is 0 Å². The number of aliphatic imine (C=N–C) groups is 1. The molecule has 2 aromatic rings. The molecule has 0 aromatic heterocycles. The van der Waals surface area contributed by atoms with Gasteiger partial charge in [0.05, 0.1) is 28.8 Å². The van der Waals surface area contributed by atoms with Crippen LogP contribution >= 0.6 is 27.5 Å². The molecule has 2 unspecified atom stereocenters. The molecule has 4 rings (SSSR count). The molecular formula is C24H17BrClF9N2O. The Hall–Kier alpha value is -2.28. The summed E-state index contributed by atoms with van der Waals surface area (Å²) in [5.74, 6) is -0.168. The Labute approximate surface area is 223 Å². The molecule has 206 valence electrons. The normalized spacial score (nSPS) is 22.4. The van der Waals surface area contributed by atoms with E-state index in [1.807, 2.05) is 0 Å². The smallest absolute Gasteiger partial charge is 0.352 e. The predicted molar refractivity (Wildman–Crippen MR) is 124 cm³/mol. The first kappa shape index (κ1) is 28.7. The maximum absolute atomic E-state index is 14.5. The van der Waals surface area contributed by atoms with E-state index >= 15 is 0 Å². The van der Waals surface area contributed by atoms with Crippen LogP contribution in [0.5, 0.6) is 0 Å². The van der Waals surface area contributed by atoms with Crippen LogP contribution < -0.4 is 5.32 Å². The van der Waals surface area contributed by atoms with Crippen molar-refractivity contribution in [2.45, 2.75) is 48.7 Å². The molecule has 1 aliphatic heterocycles. The van der Waals surface area contributed by atoms with Gasteiger partial charge in [-0.3, -0.25) is 9.79 Å². The number of nitrogens with zero attached hydrogens (tertiary/aromatic N) is 1. The Morgan fingerprint density at radius 1 is 0.974 bits per heavy atom. The van der Waals surface area contributed by atoms with Gasteiger partial charge in [-0.15, -0.1) is 11.6 Å². The minimum absolute atomic E-state index is 0.0397. The lowest BCUT2D eigenvalue weighted by molar-refractivity contribution is -0.183. The van der Waals surface area contributed by atoms with E-state index in [-0.39, 0.29) is 47.8 Å². The number of carbonyl (C=O) groups is 1. The summed E-state index contributed by atoms with van der Waals surface area (Å²) in [6.07, 6.45) is -14.5. The Bertz CT molecular complexity index is 1250. The first-order valence-electron chi connectivity index (χ1n) is 11.1. The van der Waals surface area contributed by atoms with Gasteiger partial charge >= 0.3 is 18.5 Å². The van der Waals surface area contributed by atoms with Crippen LogP contribution in [0, 0.1) is 5.92 Å². The number of carbonyl (C=O) groups excluding carboxylic acids is 1. The molecule has 0 spiro atoms. The van der Waals surface area contributed by atoms with Gasteiger partial charge in [0.1, 0.15) is 5.41 Å². The molecule has 14 heteroatoms. The largest absolute Gasteiger partial charge is 0.416 e. The monoisotopic (exact) mass is 634 g/mol. The zero-order valence-corrected chi connectivity index (χ0v) is 21.3. The average molecular weight is 636 g/mol. The van der Waals surface area contributed by atoms with Gasteiger partial charge in [0, 0.05) is 16.9 Å². The van der Waals surface area contributed by atoms with Crippen molar-refractivity contribution in [3.8, 4) is 0 Å². The van der Waals surface area contributed by atoms with Crippen molar-refractivity contribution in [1.29, 1.82) is 0 Å². The molecule has 1 amide bonds. The molecule has 2 aromatic carbocycles. The zero-order chi connectivity index (χ0) is 28.3. The highest BCUT2D eigenvalue weighted by Gasteiger charge is 2.64. The van der Waals surface area contributed by atoms with Crippen molar-refractivity contribution in [2.75, 3.05) is 6.54 Å². The summed E-state index contributed by atoms with van der Waals surface area (Å²) < 4.78 is 124. The second-order valence-corrected chi connectivity index (χ2v) is 10.4. The first-order valence-corrected chi connectivity index (χ1v) is 12.3. The maximum Gasteiger partial charge on any atom is 0.416 e. The van der Waals surface area contributed by atoms with Crippen molar-refractivity contribution < 1.29 is 44.3 Å². The SMILES string of the molecule is O=C(NCc1ccc(C2=NCC(c3cc(C(F)(F)F)cc(C(F)(F)F)c3)(C(F)(F)F)C2Cl)cc1Br)C1CC1. The third-order valence-electron chi connectivity index (χ3n) is 6.53. The molecule has 1 N–H and O–H groups in total. The summed E-state index contributed by atoms with van der Waals surface area (Å²) in [4.78, 5) is 15.7. The minimum atomic E-state index is -5.36. The van der Waals surface area contributed by atoms with Crippen LogP contribution in [0.3, 0.4) is 0 Å². The lowest BCUT2D eigenvalue weighted by Crippen LogP contribution is -2.51. The molecule has 0 bridgehead atoms. The second-order valence-electron chi connectivity index (χ2n) is 9.13. The number of alkyl halides is 10. The molecule has 1 fully saturated rings. The van der Waals surface area contributed by atoms with Gasteiger partial charge in [-0.2, -0.15) is 39.5 Å². The van der Waals surface area contributed by atoms with Crippen molar-refractivity contribution >= 4 is 39.1 Å². The molecule has 0 saturated heterocycles. The molecule has 38 heavy (non-hydrogen) atoms. The van der Waals surface area contributed by atoms with E-state index in [4.69, 9.17) is 11.6 Å². The highest BCUT2D eigenvalue weighted by Crippen LogP contribution is 2.52. The van der Waals surface area contributed by atoms with Gasteiger partial charge in [0.15, 0.2) is 0 Å². The van der Waals surface area contributed by atoms with Gasteiger partial charge in [-0.05, 0) is 53.8 Å². The quantitative estimate of drug-likeness (QED) is 0.270. The van der Waals surface area contributed by atoms with Crippen LogP contribution in [0.1, 0.15) is 40.7 Å². The third-order valence-corrected chi connectivity index (χ3v) is 7.85. The van der Waals surface area contributed by atoms with Crippen LogP contribution in [-0.4, -0.2) is 29.7 Å². The second kappa shape index (κ2) is 9.72. The molecule has 3 nitrogen and oxygen atoms in total. The number of hydrogen-bond acceptors (Lipinski definition) is 2. The summed E-state index contributed by atoms with van der Waals surface area (Å²) in [5, 5.41) is 0.592. The number of halogens is 11. The number of benzene rings is 2. The van der Waals surface area contributed by atoms with Crippen LogP contribution in [0.4, 0.5) is 39.5 Å². The fraction of sp³-hybridized carbons (Fsp3) is 0.417. The molecule has 1 heterocycles. The number of amides is 1. The lowest BCUT2D eigenvalue weighted by atomic mass is 9.75. The van der Waals surface area contributed by atoms with Gasteiger partial charge in [0.2, 0.25) is 5.91 Å². The Morgan fingerprint density at radius 2 is 1.55 bits per heavy atom. The first-order chi connectivity index (χ1) is 17.4. The number of rotatable bonds is 5. The third kappa shape index (κ3) is 5.41. The molecule has 2 aliphatic rings. The Morgan fingerprint density at radius 3 is 2.03 bits per heavy atom. The fourth-order valence-corrected chi connectivity index (χ4v) is 5.24. The number of nitrogens with one attached hydrogen (secondary N) is 1. The molecule has 2 atom stereocenters. The highest BCUT2D eigenvalue weighted by molar-refractivity contribution is 9.10. The van der Waals surface area contributed by atoms with Crippen LogP contribution in [-0.2, 0) is 29.1 Å². The van der Waals surface area contributed by atoms with Gasteiger partial charge in [-0.1, -0.05) is 28.1 Å². The van der Waals surface area contributed by atoms with Crippen molar-refractivity contribution in [2.24, 2.45) is 10.9 Å². The van der Waals surface area contributed by atoms with Crippen LogP contribution in [0.15, 0.2) is 45.9 Å². The highest BCUT2D eigenvalue weighted by atomic mass is 79.9. The van der Waals surface area contributed by atoms with E-state index in [0.29, 0.717) is 10.0 Å². The van der Waals surface area contributed by atoms with Crippen molar-refractivity contribution in [1.82, 2.24) is 5.32 Å². The Kier molecular flexibility index (Phi) is 7.35. The fourth-order valence-electron chi connectivity index (χ4n) is 4.21. The minimum Gasteiger partial charge on any atom is -0.352 e. The standard InChI is InChI=1S/C24H17BrClF9N2O/c25-17-5-12(3-4-13(17)9-36-20(38)11-1-2-11)18-19(26)21(10-37-18,24(33,34)35)14-6-15(22(27,28)29)8-16(7-14)23(30,31)32/h3-8,11,19H,1-2,9-10H2,(H,36,38). The van der Waals surface area contributed by atoms with Gasteiger partial charge < -0.3 is 5.32 Å². The topological polar surface area (TPSA) is 41.5 Å². The van der Waals surface area contributed by atoms with E-state index in [2.05, 4.69) is 26.2 Å². The van der Waals surface area contributed by atoms with E-state index in [1.54, 1.807) is 0 Å². The molecule has 0 radical (unpaired) electrons. The summed E-state index contributed by atoms with van der Waals surface area (Å²) in [7, 11) is 0. The van der Waals surface area contributed by atoms with Crippen LogP contribution in [0.25, 0.3) is 0 Å². The predicted octanol–water partition coefficient (Wildman–Crippen LogP) is 7.42. The van der Waals surface area contributed by atoms with Gasteiger partial charge in [-0.25, -0.2) is 0 Å². The summed E-state index contributed by atoms with van der Waals surface area (Å²) >= 11 is 9.51. The van der Waals surface area contributed by atoms with E-state index < -0.39 is 52.6 Å². The lowest BCUT2D eigenvalue weighted by Gasteiger charge is -2.35. The average Bonchev–Trinajstić information content (AvgIpc) is 3.58. The zero-order valence-electron chi connectivity index (χ0n) is 19.0. The molecule has 1 aliphatic carbocycles. The maximum atomic E-state index is 14.5. The molecular weight excluding hydrogens is 619 g/mol. The summed E-state index contributed by atoms with van der Waals surface area (Å²) in [5.41, 5.74) is -8.08. The summed E-state index contributed by atoms with van der Waals surface area (Å²) in [6, 6.07) is 4.09. The van der Waals surface area contributed by atoms with Crippen molar-refractivity contribution in [3.05, 3.63) is 68.7 Å². The Balaban J connectivity index is 1.72. The van der Waals surface area contributed by atoms with Crippen LogP contribution in [0.2, 0.25) is 0 Å². The van der Waals surface area contributed by atoms with E-state index in [0.717, 1.165) is 12.8 Å².